The Hall–Kier alpha value is -2.41. The second-order valence-electron chi connectivity index (χ2n) is 5.51. The summed E-state index contributed by atoms with van der Waals surface area (Å²) in [7, 11) is 4.64. The highest BCUT2D eigenvalue weighted by molar-refractivity contribution is 9.10. The lowest BCUT2D eigenvalue weighted by atomic mass is 10.1. The molecule has 6 nitrogen and oxygen atoms in total. The summed E-state index contributed by atoms with van der Waals surface area (Å²) in [6.07, 6.45) is 0. The number of halogens is 1. The van der Waals surface area contributed by atoms with Gasteiger partial charge in [-0.25, -0.2) is 0 Å². The molecule has 1 N–H and O–H groups in total. The van der Waals surface area contributed by atoms with Crippen molar-refractivity contribution in [2.24, 2.45) is 0 Å². The molecule has 0 aromatic heterocycles. The summed E-state index contributed by atoms with van der Waals surface area (Å²) < 4.78 is 22.4. The molecule has 0 heterocycles. The number of rotatable bonds is 8. The van der Waals surface area contributed by atoms with Crippen molar-refractivity contribution < 1.29 is 23.7 Å². The maximum Gasteiger partial charge on any atom is 0.258 e. The number of carbonyl (C=O) groups is 1. The van der Waals surface area contributed by atoms with Gasteiger partial charge in [-0.15, -0.1) is 0 Å². The summed E-state index contributed by atoms with van der Waals surface area (Å²) >= 11 is 3.43. The summed E-state index contributed by atoms with van der Waals surface area (Å²) in [6, 6.07) is 9.15. The van der Waals surface area contributed by atoms with Gasteiger partial charge in [-0.05, 0) is 48.4 Å². The molecule has 0 radical (unpaired) electrons. The lowest BCUT2D eigenvalue weighted by molar-refractivity contribution is -0.123. The number of methoxy groups -OCH3 is 3. The lowest BCUT2D eigenvalue weighted by Crippen LogP contribution is -2.28. The Balaban J connectivity index is 1.95. The van der Waals surface area contributed by atoms with E-state index in [-0.39, 0.29) is 12.5 Å². The molecule has 0 aliphatic heterocycles. The summed E-state index contributed by atoms with van der Waals surface area (Å²) in [6.45, 7) is 2.21. The van der Waals surface area contributed by atoms with E-state index in [2.05, 4.69) is 21.2 Å². The number of nitrogens with one attached hydrogen (secondary N) is 1. The number of carbonyl (C=O) groups excluding carboxylic acids is 1. The van der Waals surface area contributed by atoms with Gasteiger partial charge in [0.15, 0.2) is 18.1 Å². The highest BCUT2D eigenvalue weighted by Crippen LogP contribution is 2.38. The quantitative estimate of drug-likeness (QED) is 0.703. The van der Waals surface area contributed by atoms with Crippen molar-refractivity contribution in [3.05, 3.63) is 45.9 Å². The SMILES string of the molecule is COc1cc(CNC(=O)COc2ccc(Br)c(C)c2)cc(OC)c1OC. The predicted molar refractivity (Wildman–Crippen MR) is 102 cm³/mol. The lowest BCUT2D eigenvalue weighted by Gasteiger charge is -2.14. The highest BCUT2D eigenvalue weighted by atomic mass is 79.9. The van der Waals surface area contributed by atoms with Crippen LogP contribution in [0, 0.1) is 6.92 Å². The van der Waals surface area contributed by atoms with Gasteiger partial charge in [-0.1, -0.05) is 15.9 Å². The van der Waals surface area contributed by atoms with E-state index in [0.717, 1.165) is 15.6 Å². The van der Waals surface area contributed by atoms with Crippen LogP contribution in [0.3, 0.4) is 0 Å². The third-order valence-corrected chi connectivity index (χ3v) is 4.60. The molecule has 26 heavy (non-hydrogen) atoms. The molecule has 1 amide bonds. The summed E-state index contributed by atoms with van der Waals surface area (Å²) in [5.41, 5.74) is 1.87. The number of amides is 1. The Morgan fingerprint density at radius 2 is 1.69 bits per heavy atom. The van der Waals surface area contributed by atoms with E-state index in [1.54, 1.807) is 33.5 Å². The molecule has 0 unspecified atom stereocenters. The first-order valence-electron chi connectivity index (χ1n) is 7.93. The van der Waals surface area contributed by atoms with Gasteiger partial charge >= 0.3 is 0 Å². The van der Waals surface area contributed by atoms with Crippen LogP contribution in [0.1, 0.15) is 11.1 Å². The molecule has 0 saturated carbocycles. The summed E-state index contributed by atoms with van der Waals surface area (Å²) in [5, 5.41) is 2.81. The Kier molecular flexibility index (Phi) is 7.15. The number of hydrogen-bond acceptors (Lipinski definition) is 5. The average Bonchev–Trinajstić information content (AvgIpc) is 2.66. The topological polar surface area (TPSA) is 66.0 Å². The zero-order chi connectivity index (χ0) is 19.1. The van der Waals surface area contributed by atoms with Crippen molar-refractivity contribution in [1.82, 2.24) is 5.32 Å². The van der Waals surface area contributed by atoms with E-state index < -0.39 is 0 Å². The fourth-order valence-electron chi connectivity index (χ4n) is 2.34. The van der Waals surface area contributed by atoms with E-state index in [0.29, 0.717) is 29.5 Å². The maximum atomic E-state index is 12.0. The van der Waals surface area contributed by atoms with E-state index in [9.17, 15) is 4.79 Å². The van der Waals surface area contributed by atoms with Gasteiger partial charge in [0.1, 0.15) is 5.75 Å². The number of hydrogen-bond donors (Lipinski definition) is 1. The Bertz CT molecular complexity index is 754. The third kappa shape index (κ3) is 5.05. The van der Waals surface area contributed by atoms with E-state index in [1.165, 1.54) is 0 Å². The van der Waals surface area contributed by atoms with Crippen LogP contribution in [-0.2, 0) is 11.3 Å². The van der Waals surface area contributed by atoms with Gasteiger partial charge in [0.2, 0.25) is 5.75 Å². The normalized spacial score (nSPS) is 10.2. The first kappa shape index (κ1) is 19.9. The predicted octanol–water partition coefficient (Wildman–Crippen LogP) is 3.48. The monoisotopic (exact) mass is 423 g/mol. The van der Waals surface area contributed by atoms with Crippen molar-refractivity contribution in [1.29, 1.82) is 0 Å². The van der Waals surface area contributed by atoms with Crippen LogP contribution in [0.2, 0.25) is 0 Å². The minimum absolute atomic E-state index is 0.0640. The zero-order valence-electron chi connectivity index (χ0n) is 15.2. The van der Waals surface area contributed by atoms with Gasteiger partial charge in [-0.3, -0.25) is 4.79 Å². The van der Waals surface area contributed by atoms with E-state index in [4.69, 9.17) is 18.9 Å². The van der Waals surface area contributed by atoms with Crippen LogP contribution in [0.15, 0.2) is 34.8 Å². The molecule has 0 aliphatic carbocycles. The fraction of sp³-hybridized carbons (Fsp3) is 0.316. The van der Waals surface area contributed by atoms with Crippen molar-refractivity contribution >= 4 is 21.8 Å². The van der Waals surface area contributed by atoms with Crippen LogP contribution in [0.4, 0.5) is 0 Å². The first-order chi connectivity index (χ1) is 12.5. The second-order valence-corrected chi connectivity index (χ2v) is 6.36. The molecule has 0 bridgehead atoms. The first-order valence-corrected chi connectivity index (χ1v) is 8.72. The van der Waals surface area contributed by atoms with Crippen molar-refractivity contribution in [2.45, 2.75) is 13.5 Å². The molecule has 2 aromatic rings. The van der Waals surface area contributed by atoms with Gasteiger partial charge < -0.3 is 24.3 Å². The van der Waals surface area contributed by atoms with Crippen molar-refractivity contribution in [2.75, 3.05) is 27.9 Å². The minimum Gasteiger partial charge on any atom is -0.493 e. The Morgan fingerprint density at radius 3 is 2.23 bits per heavy atom. The summed E-state index contributed by atoms with van der Waals surface area (Å²) in [5.74, 6) is 2.02. The van der Waals surface area contributed by atoms with Crippen LogP contribution in [0.5, 0.6) is 23.0 Å². The van der Waals surface area contributed by atoms with Crippen LogP contribution in [-0.4, -0.2) is 33.8 Å². The van der Waals surface area contributed by atoms with Crippen molar-refractivity contribution in [3.8, 4) is 23.0 Å². The van der Waals surface area contributed by atoms with Gasteiger partial charge in [-0.2, -0.15) is 0 Å². The Morgan fingerprint density at radius 1 is 1.04 bits per heavy atom. The standard InChI is InChI=1S/C19H22BrNO5/c1-12-7-14(5-6-15(12)20)26-11-18(22)21-10-13-8-16(23-2)19(25-4)17(9-13)24-3/h5-9H,10-11H2,1-4H3,(H,21,22). The largest absolute Gasteiger partial charge is 0.493 e. The molecule has 140 valence electrons. The number of aryl methyl sites for hydroxylation is 1. The van der Waals surface area contributed by atoms with E-state index in [1.807, 2.05) is 25.1 Å². The zero-order valence-corrected chi connectivity index (χ0v) is 16.8. The van der Waals surface area contributed by atoms with Gasteiger partial charge in [0.25, 0.3) is 5.91 Å². The molecular formula is C19H22BrNO5. The molecule has 7 heteroatoms. The van der Waals surface area contributed by atoms with Gasteiger partial charge in [0.05, 0.1) is 21.3 Å². The molecule has 2 aromatic carbocycles. The third-order valence-electron chi connectivity index (χ3n) is 3.71. The number of benzene rings is 2. The molecule has 0 atom stereocenters. The molecule has 0 fully saturated rings. The molecular weight excluding hydrogens is 402 g/mol. The average molecular weight is 424 g/mol. The highest BCUT2D eigenvalue weighted by Gasteiger charge is 2.13. The molecule has 0 spiro atoms. The number of ether oxygens (including phenoxy) is 4. The van der Waals surface area contributed by atoms with Crippen LogP contribution in [0.25, 0.3) is 0 Å². The summed E-state index contributed by atoms with van der Waals surface area (Å²) in [4.78, 5) is 12.0. The minimum atomic E-state index is -0.223. The van der Waals surface area contributed by atoms with Crippen LogP contribution >= 0.6 is 15.9 Å². The van der Waals surface area contributed by atoms with E-state index >= 15 is 0 Å². The fourth-order valence-corrected chi connectivity index (χ4v) is 2.59. The van der Waals surface area contributed by atoms with Crippen molar-refractivity contribution in [3.63, 3.8) is 0 Å². The van der Waals surface area contributed by atoms with Gasteiger partial charge in [0, 0.05) is 11.0 Å². The Labute approximate surface area is 161 Å². The second kappa shape index (κ2) is 9.33. The molecule has 2 rings (SSSR count). The maximum absolute atomic E-state index is 12.0. The smallest absolute Gasteiger partial charge is 0.258 e. The van der Waals surface area contributed by atoms with Crippen LogP contribution < -0.4 is 24.3 Å². The molecule has 0 saturated heterocycles. The molecule has 0 aliphatic rings.